The number of aliphatic hydroxyl groups excluding tert-OH is 4. The highest BCUT2D eigenvalue weighted by atomic mass is 16.3. The van der Waals surface area contributed by atoms with Crippen molar-refractivity contribution >= 4 is 0 Å². The van der Waals surface area contributed by atoms with E-state index < -0.39 is 12.2 Å². The van der Waals surface area contributed by atoms with Gasteiger partial charge in [-0.05, 0) is 38.9 Å². The van der Waals surface area contributed by atoms with Crippen molar-refractivity contribution < 1.29 is 20.4 Å². The van der Waals surface area contributed by atoms with E-state index >= 15 is 0 Å². The minimum Gasteiger partial charge on any atom is -0.395 e. The van der Waals surface area contributed by atoms with Crippen LogP contribution in [0.25, 0.3) is 0 Å². The van der Waals surface area contributed by atoms with Gasteiger partial charge in [-0.15, -0.1) is 0 Å². The van der Waals surface area contributed by atoms with Gasteiger partial charge in [-0.25, -0.2) is 0 Å². The SMILES string of the molecule is CCCCCCCCCCCCN(CCO)CC(O)CN(CCCCCCCCCCCC)CC(O)CN(CCO)CCCCCCCCCCCC. The highest BCUT2D eigenvalue weighted by Gasteiger charge is 2.20. The average molecular weight is 756 g/mol. The zero-order chi connectivity index (χ0) is 38.9. The van der Waals surface area contributed by atoms with E-state index in [1.54, 1.807) is 0 Å². The van der Waals surface area contributed by atoms with Crippen LogP contribution in [0, 0.1) is 0 Å². The highest BCUT2D eigenvalue weighted by molar-refractivity contribution is 4.75. The molecule has 0 aliphatic heterocycles. The topological polar surface area (TPSA) is 90.6 Å². The molecular formula is C46H97N3O4. The van der Waals surface area contributed by atoms with Gasteiger partial charge < -0.3 is 20.4 Å². The summed E-state index contributed by atoms with van der Waals surface area (Å²) >= 11 is 0. The van der Waals surface area contributed by atoms with Crippen LogP contribution in [0.15, 0.2) is 0 Å². The molecule has 0 aromatic carbocycles. The Labute approximate surface area is 332 Å². The lowest BCUT2D eigenvalue weighted by molar-refractivity contribution is 0.0321. The molecule has 0 aromatic rings. The summed E-state index contributed by atoms with van der Waals surface area (Å²) in [5.41, 5.74) is 0. The number of unbranched alkanes of at least 4 members (excludes halogenated alkanes) is 27. The maximum atomic E-state index is 11.3. The summed E-state index contributed by atoms with van der Waals surface area (Å²) in [6.45, 7) is 13.2. The molecule has 0 aliphatic rings. The van der Waals surface area contributed by atoms with Crippen LogP contribution in [0.1, 0.15) is 213 Å². The quantitative estimate of drug-likeness (QED) is 0.0460. The van der Waals surface area contributed by atoms with Crippen molar-refractivity contribution in [2.45, 2.75) is 226 Å². The summed E-state index contributed by atoms with van der Waals surface area (Å²) < 4.78 is 0. The Balaban J connectivity index is 4.82. The number of hydrogen-bond donors (Lipinski definition) is 4. The minimum absolute atomic E-state index is 0.116. The second kappa shape index (κ2) is 42.9. The van der Waals surface area contributed by atoms with E-state index in [-0.39, 0.29) is 13.2 Å². The Hall–Kier alpha value is -0.280. The fourth-order valence-corrected chi connectivity index (χ4v) is 7.90. The minimum atomic E-state index is -0.514. The lowest BCUT2D eigenvalue weighted by Gasteiger charge is -2.32. The van der Waals surface area contributed by atoms with Crippen LogP contribution in [0.2, 0.25) is 0 Å². The van der Waals surface area contributed by atoms with Crippen LogP contribution in [0.3, 0.4) is 0 Å². The van der Waals surface area contributed by atoms with E-state index in [0.29, 0.717) is 39.3 Å². The Morgan fingerprint density at radius 1 is 0.283 bits per heavy atom. The molecule has 0 amide bonds. The van der Waals surface area contributed by atoms with Gasteiger partial charge in [0.1, 0.15) is 0 Å². The largest absolute Gasteiger partial charge is 0.395 e. The molecule has 0 bridgehead atoms. The fourth-order valence-electron chi connectivity index (χ4n) is 7.90. The van der Waals surface area contributed by atoms with Gasteiger partial charge in [0.25, 0.3) is 0 Å². The molecule has 0 heterocycles. The van der Waals surface area contributed by atoms with Gasteiger partial charge in [-0.2, -0.15) is 0 Å². The van der Waals surface area contributed by atoms with Gasteiger partial charge >= 0.3 is 0 Å². The van der Waals surface area contributed by atoms with Crippen LogP contribution in [0.4, 0.5) is 0 Å². The standard InChI is InChI=1S/C46H97N3O4/c1-4-7-10-13-16-19-22-25-28-31-34-47(37-39-50)41-45(52)43-49(36-33-30-27-24-21-18-15-12-9-6-3)44-46(53)42-48(38-40-51)35-32-29-26-23-20-17-14-11-8-5-2/h45-46,50-53H,4-44H2,1-3H3. The summed E-state index contributed by atoms with van der Waals surface area (Å²) in [4.78, 5) is 6.76. The Morgan fingerprint density at radius 3 is 0.736 bits per heavy atom. The van der Waals surface area contributed by atoms with Gasteiger partial charge in [0.05, 0.1) is 25.4 Å². The Kier molecular flexibility index (Phi) is 42.6. The zero-order valence-corrected chi connectivity index (χ0v) is 36.3. The first-order valence-electron chi connectivity index (χ1n) is 23.7. The predicted octanol–water partition coefficient (Wildman–Crippen LogP) is 10.4. The second-order valence-electron chi connectivity index (χ2n) is 16.7. The van der Waals surface area contributed by atoms with E-state index in [9.17, 15) is 20.4 Å². The molecule has 0 fully saturated rings. The normalized spacial score (nSPS) is 13.2. The predicted molar refractivity (Wildman–Crippen MR) is 231 cm³/mol. The van der Waals surface area contributed by atoms with Crippen molar-refractivity contribution in [3.05, 3.63) is 0 Å². The van der Waals surface area contributed by atoms with Crippen LogP contribution < -0.4 is 0 Å². The smallest absolute Gasteiger partial charge is 0.0793 e. The number of aliphatic hydroxyl groups is 4. The van der Waals surface area contributed by atoms with Gasteiger partial charge in [0, 0.05) is 39.3 Å². The molecule has 0 radical (unpaired) electrons. The average Bonchev–Trinajstić information content (AvgIpc) is 3.13. The van der Waals surface area contributed by atoms with Gasteiger partial charge in [-0.3, -0.25) is 14.7 Å². The summed E-state index contributed by atoms with van der Waals surface area (Å²) in [6.07, 6.45) is 38.1. The summed E-state index contributed by atoms with van der Waals surface area (Å²) in [7, 11) is 0. The molecule has 7 heteroatoms. The third-order valence-electron chi connectivity index (χ3n) is 11.2. The first kappa shape index (κ1) is 52.7. The molecule has 2 atom stereocenters. The van der Waals surface area contributed by atoms with Gasteiger partial charge in [0.2, 0.25) is 0 Å². The van der Waals surface area contributed by atoms with Gasteiger partial charge in [-0.1, -0.05) is 194 Å². The maximum absolute atomic E-state index is 11.3. The van der Waals surface area contributed by atoms with Crippen molar-refractivity contribution in [2.75, 3.05) is 72.1 Å². The van der Waals surface area contributed by atoms with Crippen molar-refractivity contribution in [1.29, 1.82) is 0 Å². The molecule has 0 aromatic heterocycles. The highest BCUT2D eigenvalue weighted by Crippen LogP contribution is 2.14. The molecule has 4 N–H and O–H groups in total. The van der Waals surface area contributed by atoms with Crippen LogP contribution in [-0.4, -0.2) is 119 Å². The van der Waals surface area contributed by atoms with E-state index in [0.717, 1.165) is 38.9 Å². The van der Waals surface area contributed by atoms with Crippen molar-refractivity contribution in [3.63, 3.8) is 0 Å². The molecule has 53 heavy (non-hydrogen) atoms. The lowest BCUT2D eigenvalue weighted by Crippen LogP contribution is -2.46. The van der Waals surface area contributed by atoms with Crippen molar-refractivity contribution in [3.8, 4) is 0 Å². The van der Waals surface area contributed by atoms with Crippen molar-refractivity contribution in [1.82, 2.24) is 14.7 Å². The number of hydrogen-bond acceptors (Lipinski definition) is 7. The molecule has 0 rings (SSSR count). The lowest BCUT2D eigenvalue weighted by atomic mass is 10.1. The molecule has 320 valence electrons. The van der Waals surface area contributed by atoms with Gasteiger partial charge in [0.15, 0.2) is 0 Å². The molecule has 7 nitrogen and oxygen atoms in total. The summed E-state index contributed by atoms with van der Waals surface area (Å²) in [6, 6.07) is 0. The zero-order valence-electron chi connectivity index (χ0n) is 36.3. The Bertz CT molecular complexity index is 643. The summed E-state index contributed by atoms with van der Waals surface area (Å²) in [5, 5.41) is 42.1. The summed E-state index contributed by atoms with van der Waals surface area (Å²) in [5.74, 6) is 0. The monoisotopic (exact) mass is 756 g/mol. The first-order valence-corrected chi connectivity index (χ1v) is 23.7. The first-order chi connectivity index (χ1) is 26.0. The number of nitrogens with zero attached hydrogens (tertiary/aromatic N) is 3. The number of rotatable bonds is 45. The molecule has 0 spiro atoms. The second-order valence-corrected chi connectivity index (χ2v) is 16.7. The fraction of sp³-hybridized carbons (Fsp3) is 1.00. The molecule has 0 saturated heterocycles. The molecular weight excluding hydrogens is 659 g/mol. The van der Waals surface area contributed by atoms with Crippen LogP contribution in [0.5, 0.6) is 0 Å². The van der Waals surface area contributed by atoms with E-state index in [1.807, 2.05) is 0 Å². The third kappa shape index (κ3) is 38.4. The Morgan fingerprint density at radius 2 is 0.491 bits per heavy atom. The molecule has 0 saturated carbocycles. The third-order valence-corrected chi connectivity index (χ3v) is 11.2. The van der Waals surface area contributed by atoms with E-state index in [4.69, 9.17) is 0 Å². The maximum Gasteiger partial charge on any atom is 0.0793 e. The van der Waals surface area contributed by atoms with Crippen molar-refractivity contribution in [2.24, 2.45) is 0 Å². The van der Waals surface area contributed by atoms with Crippen LogP contribution in [-0.2, 0) is 0 Å². The van der Waals surface area contributed by atoms with E-state index in [2.05, 4.69) is 35.5 Å². The molecule has 0 aliphatic carbocycles. The molecule has 2 unspecified atom stereocenters. The van der Waals surface area contributed by atoms with E-state index in [1.165, 1.54) is 173 Å². The van der Waals surface area contributed by atoms with Crippen LogP contribution >= 0.6 is 0 Å².